The molecule has 0 radical (unpaired) electrons. The van der Waals surface area contributed by atoms with Gasteiger partial charge in [-0.3, -0.25) is 15.5 Å². The van der Waals surface area contributed by atoms with Crippen molar-refractivity contribution < 1.29 is 23.8 Å². The number of nitrogens with one attached hydrogen (secondary N) is 1. The molecule has 0 aliphatic carbocycles. The van der Waals surface area contributed by atoms with Crippen LogP contribution in [0.4, 0.5) is 10.1 Å². The molecule has 11 heteroatoms. The van der Waals surface area contributed by atoms with Gasteiger partial charge in [-0.1, -0.05) is 17.3 Å². The second kappa shape index (κ2) is 9.73. The maximum absolute atomic E-state index is 13.4. The summed E-state index contributed by atoms with van der Waals surface area (Å²) in [6.45, 7) is -0.311. The number of ketones is 1. The van der Waals surface area contributed by atoms with E-state index >= 15 is 0 Å². The first-order chi connectivity index (χ1) is 14.5. The summed E-state index contributed by atoms with van der Waals surface area (Å²) in [6, 6.07) is 12.5. The number of amidine groups is 1. The molecule has 1 aromatic heterocycles. The van der Waals surface area contributed by atoms with Crippen LogP contribution < -0.4 is 10.2 Å². The van der Waals surface area contributed by atoms with Gasteiger partial charge in [-0.15, -0.1) is 0 Å². The predicted octanol–water partition coefficient (Wildman–Crippen LogP) is 3.09. The number of rotatable bonds is 7. The molecule has 0 amide bonds. The molecule has 2 aromatic carbocycles. The van der Waals surface area contributed by atoms with E-state index in [0.717, 1.165) is 0 Å². The fraction of sp³-hybridized carbons (Fsp3) is 0.105. The van der Waals surface area contributed by atoms with E-state index in [9.17, 15) is 14.4 Å². The molecule has 0 fully saturated rings. The van der Waals surface area contributed by atoms with Crippen molar-refractivity contribution >= 4 is 33.2 Å². The van der Waals surface area contributed by atoms with Crippen LogP contribution in [0.2, 0.25) is 0 Å². The SMILES string of the molecule is N#Cc1ccccc1OCC(=O)Cc1nonc1C(=Nc1ccc(F)c(Br)c1)NO. The molecule has 9 nitrogen and oxygen atoms in total. The highest BCUT2D eigenvalue weighted by molar-refractivity contribution is 9.10. The number of carbonyl (C=O) groups is 1. The van der Waals surface area contributed by atoms with E-state index in [2.05, 4.69) is 35.9 Å². The van der Waals surface area contributed by atoms with Crippen LogP contribution in [0, 0.1) is 17.1 Å². The normalized spacial score (nSPS) is 11.1. The minimum atomic E-state index is -0.472. The van der Waals surface area contributed by atoms with E-state index in [4.69, 9.17) is 10.00 Å². The van der Waals surface area contributed by atoms with E-state index in [0.29, 0.717) is 11.3 Å². The Bertz CT molecular complexity index is 1140. The number of carbonyl (C=O) groups excluding carboxylic acids is 1. The Balaban J connectivity index is 1.73. The summed E-state index contributed by atoms with van der Waals surface area (Å²) >= 11 is 3.05. The third kappa shape index (κ3) is 5.05. The first-order valence-corrected chi connectivity index (χ1v) is 9.20. The molecule has 0 bridgehead atoms. The van der Waals surface area contributed by atoms with Gasteiger partial charge in [-0.05, 0) is 51.4 Å². The van der Waals surface area contributed by atoms with Crippen molar-refractivity contribution in [2.24, 2.45) is 4.99 Å². The number of halogens is 2. The number of para-hydroxylation sites is 1. The number of hydrogen-bond acceptors (Lipinski definition) is 8. The quantitative estimate of drug-likeness (QED) is 0.303. The molecule has 30 heavy (non-hydrogen) atoms. The number of nitrogens with zero attached hydrogens (tertiary/aromatic N) is 4. The zero-order chi connectivity index (χ0) is 21.5. The molecule has 0 spiro atoms. The van der Waals surface area contributed by atoms with Crippen molar-refractivity contribution in [3.05, 3.63) is 69.7 Å². The van der Waals surface area contributed by atoms with Crippen LogP contribution in [-0.2, 0) is 11.2 Å². The predicted molar refractivity (Wildman–Crippen MR) is 105 cm³/mol. The summed E-state index contributed by atoms with van der Waals surface area (Å²) in [5.41, 5.74) is 2.59. The second-order valence-corrected chi connectivity index (χ2v) is 6.70. The Kier molecular flexibility index (Phi) is 6.84. The van der Waals surface area contributed by atoms with E-state index in [-0.39, 0.29) is 46.3 Å². The van der Waals surface area contributed by atoms with Crippen molar-refractivity contribution in [3.63, 3.8) is 0 Å². The summed E-state index contributed by atoms with van der Waals surface area (Å²) < 4.78 is 23.6. The van der Waals surface area contributed by atoms with Crippen molar-refractivity contribution in [2.45, 2.75) is 6.42 Å². The maximum Gasteiger partial charge on any atom is 0.182 e. The summed E-state index contributed by atoms with van der Waals surface area (Å²) in [5, 5.41) is 25.8. The van der Waals surface area contributed by atoms with Crippen LogP contribution in [0.3, 0.4) is 0 Å². The van der Waals surface area contributed by atoms with Crippen LogP contribution in [0.1, 0.15) is 17.0 Å². The molecular formula is C19H13BrFN5O4. The molecule has 0 unspecified atom stereocenters. The fourth-order valence-corrected chi connectivity index (χ4v) is 2.76. The van der Waals surface area contributed by atoms with Gasteiger partial charge in [-0.25, -0.2) is 14.0 Å². The van der Waals surface area contributed by atoms with E-state index in [1.807, 2.05) is 11.5 Å². The van der Waals surface area contributed by atoms with Gasteiger partial charge in [0, 0.05) is 0 Å². The molecule has 0 saturated carbocycles. The van der Waals surface area contributed by atoms with Gasteiger partial charge in [0.15, 0.2) is 17.3 Å². The maximum atomic E-state index is 13.4. The van der Waals surface area contributed by atoms with Crippen molar-refractivity contribution in [3.8, 4) is 11.8 Å². The number of hydroxylamine groups is 1. The lowest BCUT2D eigenvalue weighted by Gasteiger charge is -2.07. The topological polar surface area (TPSA) is 134 Å². The zero-order valence-electron chi connectivity index (χ0n) is 15.2. The molecule has 0 atom stereocenters. The molecule has 1 heterocycles. The molecule has 3 rings (SSSR count). The molecule has 0 saturated heterocycles. The first-order valence-electron chi connectivity index (χ1n) is 8.41. The summed E-state index contributed by atoms with van der Waals surface area (Å²) in [5.74, 6) is -0.706. The van der Waals surface area contributed by atoms with Gasteiger partial charge >= 0.3 is 0 Å². The van der Waals surface area contributed by atoms with Gasteiger partial charge in [-0.2, -0.15) is 5.26 Å². The minimum Gasteiger partial charge on any atom is -0.484 e. The Morgan fingerprint density at radius 2 is 2.13 bits per heavy atom. The second-order valence-electron chi connectivity index (χ2n) is 5.84. The minimum absolute atomic E-state index is 0.00345. The zero-order valence-corrected chi connectivity index (χ0v) is 16.8. The molecular weight excluding hydrogens is 461 g/mol. The first kappa shape index (κ1) is 21.1. The van der Waals surface area contributed by atoms with Crippen LogP contribution >= 0.6 is 15.9 Å². The van der Waals surface area contributed by atoms with Crippen molar-refractivity contribution in [1.29, 1.82) is 5.26 Å². The van der Waals surface area contributed by atoms with E-state index in [1.165, 1.54) is 18.2 Å². The largest absolute Gasteiger partial charge is 0.484 e. The summed E-state index contributed by atoms with van der Waals surface area (Å²) in [6.07, 6.45) is -0.221. The number of benzene rings is 2. The summed E-state index contributed by atoms with van der Waals surface area (Å²) in [4.78, 5) is 16.4. The smallest absolute Gasteiger partial charge is 0.182 e. The molecule has 3 aromatic rings. The Labute approximate surface area is 177 Å². The highest BCUT2D eigenvalue weighted by Gasteiger charge is 2.20. The Morgan fingerprint density at radius 1 is 1.33 bits per heavy atom. The Morgan fingerprint density at radius 3 is 2.87 bits per heavy atom. The molecule has 152 valence electrons. The molecule has 0 aliphatic rings. The monoisotopic (exact) mass is 473 g/mol. The highest BCUT2D eigenvalue weighted by atomic mass is 79.9. The number of aliphatic imine (C=N–C) groups is 1. The van der Waals surface area contributed by atoms with Crippen molar-refractivity contribution in [2.75, 3.05) is 6.61 Å². The third-order valence-corrected chi connectivity index (χ3v) is 4.40. The number of nitriles is 1. The number of Topliss-reactive ketones (excluding diaryl/α,β-unsaturated/α-hetero) is 1. The molecule has 0 aliphatic heterocycles. The number of aromatic nitrogens is 2. The van der Waals surface area contributed by atoms with Gasteiger partial charge in [0.25, 0.3) is 0 Å². The molecule has 2 N–H and O–H groups in total. The van der Waals surface area contributed by atoms with E-state index < -0.39 is 5.82 Å². The van der Waals surface area contributed by atoms with Crippen LogP contribution in [-0.4, -0.2) is 33.7 Å². The number of hydrogen-bond donors (Lipinski definition) is 2. The van der Waals surface area contributed by atoms with E-state index in [1.54, 1.807) is 24.3 Å². The van der Waals surface area contributed by atoms with Gasteiger partial charge in [0.1, 0.15) is 29.9 Å². The fourth-order valence-electron chi connectivity index (χ4n) is 2.40. The third-order valence-electron chi connectivity index (χ3n) is 3.79. The van der Waals surface area contributed by atoms with Crippen LogP contribution in [0.25, 0.3) is 0 Å². The van der Waals surface area contributed by atoms with Gasteiger partial charge in [0.2, 0.25) is 0 Å². The summed E-state index contributed by atoms with van der Waals surface area (Å²) in [7, 11) is 0. The highest BCUT2D eigenvalue weighted by Crippen LogP contribution is 2.23. The lowest BCUT2D eigenvalue weighted by Crippen LogP contribution is -2.23. The standard InChI is InChI=1S/C19H13BrFN5O4/c20-14-7-12(5-6-15(14)21)23-19(24-28)18-16(25-30-26-18)8-13(27)10-29-17-4-2-1-3-11(17)9-22/h1-7,28H,8,10H2,(H,23,24). The average molecular weight is 474 g/mol. The van der Waals surface area contributed by atoms with Crippen molar-refractivity contribution in [1.82, 2.24) is 15.8 Å². The van der Waals surface area contributed by atoms with Gasteiger partial charge in [0.05, 0.1) is 22.1 Å². The average Bonchev–Trinajstić information content (AvgIpc) is 3.21. The van der Waals surface area contributed by atoms with Gasteiger partial charge < -0.3 is 4.74 Å². The Hall–Kier alpha value is -3.62. The number of ether oxygens (including phenoxy) is 1. The lowest BCUT2D eigenvalue weighted by atomic mass is 10.1. The lowest BCUT2D eigenvalue weighted by molar-refractivity contribution is -0.120. The van der Waals surface area contributed by atoms with Crippen LogP contribution in [0.5, 0.6) is 5.75 Å². The van der Waals surface area contributed by atoms with Crippen LogP contribution in [0.15, 0.2) is 56.6 Å².